The minimum atomic E-state index is -0.848. The van der Waals surface area contributed by atoms with Gasteiger partial charge in [0.2, 0.25) is 0 Å². The van der Waals surface area contributed by atoms with Crippen LogP contribution in [0, 0.1) is 6.92 Å². The number of aromatic carboxylic acids is 1. The molecule has 0 unspecified atom stereocenters. The summed E-state index contributed by atoms with van der Waals surface area (Å²) in [6.07, 6.45) is 0. The van der Waals surface area contributed by atoms with Crippen LogP contribution in [0.25, 0.3) is 10.2 Å². The maximum Gasteiger partial charge on any atom is 0.345 e. The normalized spacial score (nSPS) is 10.9. The van der Waals surface area contributed by atoms with Gasteiger partial charge in [-0.1, -0.05) is 0 Å². The average molecular weight is 195 g/mol. The first-order valence-electron chi connectivity index (χ1n) is 3.89. The first-order chi connectivity index (χ1) is 6.09. The van der Waals surface area contributed by atoms with Gasteiger partial charge in [-0.15, -0.1) is 11.3 Å². The molecule has 68 valence electrons. The second-order valence-corrected chi connectivity index (χ2v) is 4.09. The molecule has 0 spiro atoms. The van der Waals surface area contributed by atoms with Crippen LogP contribution >= 0.6 is 11.3 Å². The summed E-state index contributed by atoms with van der Waals surface area (Å²) >= 11 is 1.32. The Kier molecular flexibility index (Phi) is 1.66. The van der Waals surface area contributed by atoms with Gasteiger partial charge in [-0.05, 0) is 19.1 Å². The molecule has 0 amide bonds. The van der Waals surface area contributed by atoms with Crippen LogP contribution in [0.4, 0.5) is 0 Å². The molecular formula is C9H9NO2S. The lowest BCUT2D eigenvalue weighted by atomic mass is 10.4. The molecule has 13 heavy (non-hydrogen) atoms. The molecule has 0 saturated carbocycles. The van der Waals surface area contributed by atoms with E-state index in [2.05, 4.69) is 0 Å². The number of hydrogen-bond acceptors (Lipinski definition) is 2. The third kappa shape index (κ3) is 1.14. The highest BCUT2D eigenvalue weighted by Crippen LogP contribution is 2.27. The zero-order chi connectivity index (χ0) is 9.59. The summed E-state index contributed by atoms with van der Waals surface area (Å²) in [6, 6.07) is 3.72. The van der Waals surface area contributed by atoms with Gasteiger partial charge < -0.3 is 9.67 Å². The van der Waals surface area contributed by atoms with Crippen LogP contribution in [0.3, 0.4) is 0 Å². The quantitative estimate of drug-likeness (QED) is 0.758. The Hall–Kier alpha value is -1.29. The van der Waals surface area contributed by atoms with Crippen molar-refractivity contribution in [2.24, 2.45) is 7.05 Å². The number of fused-ring (bicyclic) bond motifs is 1. The van der Waals surface area contributed by atoms with E-state index in [-0.39, 0.29) is 0 Å². The first-order valence-corrected chi connectivity index (χ1v) is 4.70. The molecule has 0 fully saturated rings. The van der Waals surface area contributed by atoms with E-state index in [4.69, 9.17) is 5.11 Å². The smallest absolute Gasteiger partial charge is 0.345 e. The number of carboxylic acid groups (broad SMARTS) is 1. The van der Waals surface area contributed by atoms with Crippen molar-refractivity contribution in [3.8, 4) is 0 Å². The Bertz CT molecular complexity index is 481. The van der Waals surface area contributed by atoms with E-state index in [1.807, 2.05) is 24.6 Å². The van der Waals surface area contributed by atoms with Crippen molar-refractivity contribution < 1.29 is 9.90 Å². The number of aromatic nitrogens is 1. The predicted molar refractivity (Wildman–Crippen MR) is 52.5 cm³/mol. The van der Waals surface area contributed by atoms with Gasteiger partial charge in [-0.25, -0.2) is 4.79 Å². The third-order valence-electron chi connectivity index (χ3n) is 2.18. The van der Waals surface area contributed by atoms with Gasteiger partial charge >= 0.3 is 5.97 Å². The lowest BCUT2D eigenvalue weighted by molar-refractivity contribution is 0.0702. The fourth-order valence-electron chi connectivity index (χ4n) is 1.34. The maximum atomic E-state index is 10.7. The molecule has 2 aromatic rings. The van der Waals surface area contributed by atoms with E-state index >= 15 is 0 Å². The minimum Gasteiger partial charge on any atom is -0.477 e. The molecule has 0 aliphatic carbocycles. The van der Waals surface area contributed by atoms with Gasteiger partial charge in [-0.3, -0.25) is 0 Å². The van der Waals surface area contributed by atoms with Crippen LogP contribution in [0.2, 0.25) is 0 Å². The third-order valence-corrected chi connectivity index (χ3v) is 3.24. The van der Waals surface area contributed by atoms with Gasteiger partial charge in [0.05, 0.1) is 10.2 Å². The van der Waals surface area contributed by atoms with Crippen LogP contribution in [-0.2, 0) is 7.05 Å². The monoisotopic (exact) mass is 195 g/mol. The molecule has 0 atom stereocenters. The Morgan fingerprint density at radius 1 is 1.54 bits per heavy atom. The van der Waals surface area contributed by atoms with Crippen molar-refractivity contribution >= 4 is 27.5 Å². The molecule has 0 bridgehead atoms. The van der Waals surface area contributed by atoms with Gasteiger partial charge in [0.15, 0.2) is 0 Å². The zero-order valence-electron chi connectivity index (χ0n) is 7.37. The lowest BCUT2D eigenvalue weighted by Gasteiger charge is -1.94. The molecule has 2 aromatic heterocycles. The predicted octanol–water partition coefficient (Wildman–Crippen LogP) is 2.25. The van der Waals surface area contributed by atoms with Crippen molar-refractivity contribution in [2.45, 2.75) is 6.92 Å². The topological polar surface area (TPSA) is 42.2 Å². The molecule has 2 heterocycles. The van der Waals surface area contributed by atoms with Crippen molar-refractivity contribution in [3.63, 3.8) is 0 Å². The van der Waals surface area contributed by atoms with Crippen molar-refractivity contribution in [1.29, 1.82) is 0 Å². The number of hydrogen-bond donors (Lipinski definition) is 1. The highest BCUT2D eigenvalue weighted by Gasteiger charge is 2.11. The lowest BCUT2D eigenvalue weighted by Crippen LogP contribution is -1.92. The van der Waals surface area contributed by atoms with E-state index in [1.54, 1.807) is 6.07 Å². The number of aryl methyl sites for hydroxylation is 2. The van der Waals surface area contributed by atoms with E-state index in [1.165, 1.54) is 11.3 Å². The molecule has 4 heteroatoms. The summed E-state index contributed by atoms with van der Waals surface area (Å²) in [5.74, 6) is -0.848. The van der Waals surface area contributed by atoms with Crippen LogP contribution in [-0.4, -0.2) is 15.6 Å². The Labute approximate surface area is 79.2 Å². The molecule has 0 aliphatic heterocycles. The average Bonchev–Trinajstić information content (AvgIpc) is 2.55. The van der Waals surface area contributed by atoms with Crippen LogP contribution in [0.5, 0.6) is 0 Å². The second kappa shape index (κ2) is 2.60. The number of carbonyl (C=O) groups is 1. The standard InChI is InChI=1S/C9H9NO2S/c1-5-3-7-6(10(5)2)4-8(13-7)9(11)12/h3-4H,1-2H3,(H,11,12). The molecule has 2 rings (SSSR count). The summed E-state index contributed by atoms with van der Waals surface area (Å²) < 4.78 is 3.04. The SMILES string of the molecule is Cc1cc2sc(C(=O)O)cc2n1C. The van der Waals surface area contributed by atoms with Gasteiger partial charge in [0.25, 0.3) is 0 Å². The Balaban J connectivity index is 2.72. The summed E-state index contributed by atoms with van der Waals surface area (Å²) in [5, 5.41) is 8.77. The largest absolute Gasteiger partial charge is 0.477 e. The number of rotatable bonds is 1. The number of nitrogens with zero attached hydrogens (tertiary/aromatic N) is 1. The van der Waals surface area contributed by atoms with Gasteiger partial charge in [0, 0.05) is 12.7 Å². The van der Waals surface area contributed by atoms with E-state index < -0.39 is 5.97 Å². The number of carboxylic acids is 1. The Morgan fingerprint density at radius 3 is 2.77 bits per heavy atom. The molecule has 0 radical (unpaired) electrons. The Morgan fingerprint density at radius 2 is 2.23 bits per heavy atom. The minimum absolute atomic E-state index is 0.403. The van der Waals surface area contributed by atoms with Crippen LogP contribution in [0.15, 0.2) is 12.1 Å². The highest BCUT2D eigenvalue weighted by atomic mass is 32.1. The van der Waals surface area contributed by atoms with Crippen molar-refractivity contribution in [3.05, 3.63) is 22.7 Å². The highest BCUT2D eigenvalue weighted by molar-refractivity contribution is 7.20. The fraction of sp³-hybridized carbons (Fsp3) is 0.222. The summed E-state index contributed by atoms with van der Waals surface area (Å²) in [6.45, 7) is 2.01. The zero-order valence-corrected chi connectivity index (χ0v) is 8.18. The van der Waals surface area contributed by atoms with Crippen molar-refractivity contribution in [2.75, 3.05) is 0 Å². The fourth-order valence-corrected chi connectivity index (χ4v) is 2.37. The van der Waals surface area contributed by atoms with E-state index in [0.717, 1.165) is 15.9 Å². The summed E-state index contributed by atoms with van der Waals surface area (Å²) in [4.78, 5) is 11.1. The van der Waals surface area contributed by atoms with Crippen LogP contribution in [0.1, 0.15) is 15.4 Å². The van der Waals surface area contributed by atoms with E-state index in [9.17, 15) is 4.79 Å². The summed E-state index contributed by atoms with van der Waals surface area (Å²) in [5.41, 5.74) is 2.15. The molecule has 1 N–H and O–H groups in total. The van der Waals surface area contributed by atoms with Gasteiger partial charge in [-0.2, -0.15) is 0 Å². The molecular weight excluding hydrogens is 186 g/mol. The second-order valence-electron chi connectivity index (χ2n) is 3.01. The maximum absolute atomic E-state index is 10.7. The molecule has 3 nitrogen and oxygen atoms in total. The van der Waals surface area contributed by atoms with E-state index in [0.29, 0.717) is 4.88 Å². The first kappa shape index (κ1) is 8.31. The molecule has 0 aromatic carbocycles. The van der Waals surface area contributed by atoms with Crippen LogP contribution < -0.4 is 0 Å². The summed E-state index contributed by atoms with van der Waals surface area (Å²) in [7, 11) is 1.94. The van der Waals surface area contributed by atoms with Crippen molar-refractivity contribution in [1.82, 2.24) is 4.57 Å². The number of thiophene rings is 1. The molecule has 0 aliphatic rings. The molecule has 0 saturated heterocycles. The van der Waals surface area contributed by atoms with Gasteiger partial charge in [0.1, 0.15) is 4.88 Å².